The van der Waals surface area contributed by atoms with Gasteiger partial charge in [0.05, 0.1) is 5.69 Å². The van der Waals surface area contributed by atoms with Crippen molar-refractivity contribution in [2.75, 3.05) is 31.1 Å². The number of ether oxygens (including phenoxy) is 1. The molecule has 124 valence electrons. The van der Waals surface area contributed by atoms with Gasteiger partial charge in [0.15, 0.2) is 6.61 Å². The first kappa shape index (κ1) is 17.3. The second-order valence-electron chi connectivity index (χ2n) is 5.09. The van der Waals surface area contributed by atoms with Crippen LogP contribution < -0.4 is 9.64 Å². The van der Waals surface area contributed by atoms with Gasteiger partial charge in [0.25, 0.3) is 5.91 Å². The molecular formula is C15H17BrN2O5. The van der Waals surface area contributed by atoms with Crippen molar-refractivity contribution >= 4 is 39.4 Å². The number of amides is 2. The smallest absolute Gasteiger partial charge is 0.323 e. The number of nitrogens with zero attached hydrogens (tertiary/aromatic N) is 2. The van der Waals surface area contributed by atoms with E-state index in [2.05, 4.69) is 15.9 Å². The molecule has 0 aliphatic carbocycles. The van der Waals surface area contributed by atoms with Gasteiger partial charge in [-0.2, -0.15) is 0 Å². The van der Waals surface area contributed by atoms with E-state index in [1.165, 1.54) is 9.80 Å². The molecule has 0 fully saturated rings. The van der Waals surface area contributed by atoms with E-state index >= 15 is 0 Å². The number of anilines is 1. The Morgan fingerprint density at radius 2 is 2.17 bits per heavy atom. The average molecular weight is 385 g/mol. The average Bonchev–Trinajstić information content (AvgIpc) is 2.49. The number of aliphatic carboxylic acids is 1. The normalized spacial score (nSPS) is 13.3. The molecular weight excluding hydrogens is 368 g/mol. The zero-order chi connectivity index (χ0) is 17.0. The van der Waals surface area contributed by atoms with Gasteiger partial charge in [-0.25, -0.2) is 0 Å². The molecule has 1 N–H and O–H groups in total. The summed E-state index contributed by atoms with van der Waals surface area (Å²) in [4.78, 5) is 37.9. The number of carboxylic acids is 1. The molecule has 8 heteroatoms. The van der Waals surface area contributed by atoms with Crippen molar-refractivity contribution in [2.24, 2.45) is 0 Å². The SMILES string of the molecule is CCCN(CC(=O)O)C(=O)CN1C(=O)COc2cc(Br)ccc21. The number of carboxylic acid groups (broad SMARTS) is 1. The zero-order valence-electron chi connectivity index (χ0n) is 12.6. The van der Waals surface area contributed by atoms with Crippen LogP contribution in [0.4, 0.5) is 5.69 Å². The molecule has 23 heavy (non-hydrogen) atoms. The second-order valence-corrected chi connectivity index (χ2v) is 6.01. The van der Waals surface area contributed by atoms with Crippen LogP contribution >= 0.6 is 15.9 Å². The summed E-state index contributed by atoms with van der Waals surface area (Å²) in [6.07, 6.45) is 0.639. The Hall–Kier alpha value is -2.09. The number of fused-ring (bicyclic) bond motifs is 1. The van der Waals surface area contributed by atoms with Crippen molar-refractivity contribution in [2.45, 2.75) is 13.3 Å². The van der Waals surface area contributed by atoms with E-state index in [-0.39, 0.29) is 25.6 Å². The lowest BCUT2D eigenvalue weighted by Crippen LogP contribution is -2.47. The highest BCUT2D eigenvalue weighted by atomic mass is 79.9. The fraction of sp³-hybridized carbons (Fsp3) is 0.400. The third-order valence-corrected chi connectivity index (χ3v) is 3.82. The molecule has 0 atom stereocenters. The summed E-state index contributed by atoms with van der Waals surface area (Å²) in [6, 6.07) is 5.16. The maximum Gasteiger partial charge on any atom is 0.323 e. The van der Waals surface area contributed by atoms with Crippen LogP contribution in [0.15, 0.2) is 22.7 Å². The lowest BCUT2D eigenvalue weighted by Gasteiger charge is -2.31. The topological polar surface area (TPSA) is 87.2 Å². The van der Waals surface area contributed by atoms with Crippen molar-refractivity contribution in [1.82, 2.24) is 4.90 Å². The van der Waals surface area contributed by atoms with Gasteiger partial charge in [-0.05, 0) is 24.6 Å². The molecule has 7 nitrogen and oxygen atoms in total. The van der Waals surface area contributed by atoms with Gasteiger partial charge < -0.3 is 14.7 Å². The molecule has 2 amide bonds. The minimum Gasteiger partial charge on any atom is -0.482 e. The van der Waals surface area contributed by atoms with Gasteiger partial charge in [-0.1, -0.05) is 22.9 Å². The van der Waals surface area contributed by atoms with Gasteiger partial charge in [0.2, 0.25) is 5.91 Å². The molecule has 1 aliphatic rings. The maximum atomic E-state index is 12.4. The molecule has 0 spiro atoms. The van der Waals surface area contributed by atoms with Crippen LogP contribution in [0.2, 0.25) is 0 Å². The minimum atomic E-state index is -1.08. The quantitative estimate of drug-likeness (QED) is 0.802. The van der Waals surface area contributed by atoms with E-state index in [0.29, 0.717) is 24.4 Å². The highest BCUT2D eigenvalue weighted by molar-refractivity contribution is 9.10. The molecule has 2 rings (SSSR count). The third kappa shape index (κ3) is 4.22. The van der Waals surface area contributed by atoms with Crippen LogP contribution in [0.25, 0.3) is 0 Å². The minimum absolute atomic E-state index is 0.149. The third-order valence-electron chi connectivity index (χ3n) is 3.33. The number of halogens is 1. The number of carbonyl (C=O) groups excluding carboxylic acids is 2. The fourth-order valence-corrected chi connectivity index (χ4v) is 2.65. The molecule has 1 aromatic rings. The highest BCUT2D eigenvalue weighted by Crippen LogP contribution is 2.34. The van der Waals surface area contributed by atoms with Crippen molar-refractivity contribution in [3.63, 3.8) is 0 Å². The lowest BCUT2D eigenvalue weighted by atomic mass is 10.2. The molecule has 0 radical (unpaired) electrons. The lowest BCUT2D eigenvalue weighted by molar-refractivity contribution is -0.144. The summed E-state index contributed by atoms with van der Waals surface area (Å²) in [5, 5.41) is 8.91. The Morgan fingerprint density at radius 1 is 1.43 bits per heavy atom. The van der Waals surface area contributed by atoms with Crippen LogP contribution in [-0.2, 0) is 14.4 Å². The number of hydrogen-bond acceptors (Lipinski definition) is 4. The van der Waals surface area contributed by atoms with E-state index in [1.54, 1.807) is 18.2 Å². The predicted octanol–water partition coefficient (Wildman–Crippen LogP) is 1.50. The molecule has 0 bridgehead atoms. The van der Waals surface area contributed by atoms with Gasteiger partial charge >= 0.3 is 5.97 Å². The van der Waals surface area contributed by atoms with E-state index < -0.39 is 11.9 Å². The monoisotopic (exact) mass is 384 g/mol. The van der Waals surface area contributed by atoms with Crippen LogP contribution in [-0.4, -0.2) is 54.0 Å². The number of benzene rings is 1. The number of rotatable bonds is 6. The summed E-state index contributed by atoms with van der Waals surface area (Å²) in [7, 11) is 0. The van der Waals surface area contributed by atoms with Crippen LogP contribution in [0.5, 0.6) is 5.75 Å². The van der Waals surface area contributed by atoms with Gasteiger partial charge in [0, 0.05) is 11.0 Å². The second kappa shape index (κ2) is 7.45. The Labute approximate surface area is 141 Å². The molecule has 0 saturated carbocycles. The standard InChI is InChI=1S/C15H17BrN2O5/c1-2-5-17(8-15(21)22)13(19)7-18-11-4-3-10(16)6-12(11)23-9-14(18)20/h3-4,6H,2,5,7-9H2,1H3,(H,21,22). The maximum absolute atomic E-state index is 12.4. The van der Waals surface area contributed by atoms with Crippen molar-refractivity contribution < 1.29 is 24.2 Å². The highest BCUT2D eigenvalue weighted by Gasteiger charge is 2.29. The van der Waals surface area contributed by atoms with E-state index in [1.807, 2.05) is 6.92 Å². The van der Waals surface area contributed by atoms with Gasteiger partial charge in [-0.3, -0.25) is 19.3 Å². The van der Waals surface area contributed by atoms with Gasteiger partial charge in [-0.15, -0.1) is 0 Å². The number of carbonyl (C=O) groups is 3. The Balaban J connectivity index is 2.19. The fourth-order valence-electron chi connectivity index (χ4n) is 2.31. The van der Waals surface area contributed by atoms with Crippen molar-refractivity contribution in [3.8, 4) is 5.75 Å². The zero-order valence-corrected chi connectivity index (χ0v) is 14.2. The Kier molecular flexibility index (Phi) is 5.59. The summed E-state index contributed by atoms with van der Waals surface area (Å²) in [5.41, 5.74) is 0.504. The summed E-state index contributed by atoms with van der Waals surface area (Å²) < 4.78 is 6.16. The first-order valence-electron chi connectivity index (χ1n) is 7.14. The molecule has 1 aliphatic heterocycles. The molecule has 0 unspecified atom stereocenters. The molecule has 1 aromatic carbocycles. The van der Waals surface area contributed by atoms with Crippen LogP contribution in [0.1, 0.15) is 13.3 Å². The van der Waals surface area contributed by atoms with Crippen molar-refractivity contribution in [3.05, 3.63) is 22.7 Å². The molecule has 0 saturated heterocycles. The van der Waals surface area contributed by atoms with Crippen LogP contribution in [0.3, 0.4) is 0 Å². The van der Waals surface area contributed by atoms with Crippen molar-refractivity contribution in [1.29, 1.82) is 0 Å². The Morgan fingerprint density at radius 3 is 2.83 bits per heavy atom. The Bertz CT molecular complexity index is 634. The van der Waals surface area contributed by atoms with E-state index in [4.69, 9.17) is 9.84 Å². The first-order chi connectivity index (χ1) is 10.9. The van der Waals surface area contributed by atoms with E-state index in [9.17, 15) is 14.4 Å². The summed E-state index contributed by atoms with van der Waals surface area (Å²) in [5.74, 6) is -1.31. The predicted molar refractivity (Wildman–Crippen MR) is 86.5 cm³/mol. The number of hydrogen-bond donors (Lipinski definition) is 1. The van der Waals surface area contributed by atoms with Gasteiger partial charge in [0.1, 0.15) is 18.8 Å². The van der Waals surface area contributed by atoms with E-state index in [0.717, 1.165) is 4.47 Å². The summed E-state index contributed by atoms with van der Waals surface area (Å²) >= 11 is 3.32. The molecule has 1 heterocycles. The summed E-state index contributed by atoms with van der Waals surface area (Å²) in [6.45, 7) is 1.46. The molecule has 0 aromatic heterocycles. The largest absolute Gasteiger partial charge is 0.482 e. The first-order valence-corrected chi connectivity index (χ1v) is 7.94. The van der Waals surface area contributed by atoms with Crippen LogP contribution in [0, 0.1) is 0 Å².